The molecular formula is C13H18N2O4. The fourth-order valence-corrected chi connectivity index (χ4v) is 2.23. The Hall–Kier alpha value is -1.85. The minimum atomic E-state index is -0.915. The number of urea groups is 1. The van der Waals surface area contributed by atoms with Gasteiger partial charge in [-0.3, -0.25) is 14.5 Å². The molecule has 1 aliphatic heterocycles. The summed E-state index contributed by atoms with van der Waals surface area (Å²) in [5, 5.41) is 2.54. The van der Waals surface area contributed by atoms with Gasteiger partial charge in [0.1, 0.15) is 0 Å². The van der Waals surface area contributed by atoms with Gasteiger partial charge in [0.2, 0.25) is 0 Å². The molecule has 0 aromatic heterocycles. The molecule has 1 fully saturated rings. The highest BCUT2D eigenvalue weighted by molar-refractivity contribution is 5.98. The molecule has 2 aliphatic rings. The lowest BCUT2D eigenvalue weighted by molar-refractivity contribution is -0.161. The van der Waals surface area contributed by atoms with E-state index in [1.165, 1.54) is 6.92 Å². The Kier molecular flexibility index (Phi) is 4.19. The van der Waals surface area contributed by atoms with E-state index < -0.39 is 18.0 Å². The first kappa shape index (κ1) is 13.6. The molecule has 0 radical (unpaired) electrons. The first-order valence-electron chi connectivity index (χ1n) is 6.54. The Morgan fingerprint density at radius 3 is 2.84 bits per heavy atom. The second-order valence-corrected chi connectivity index (χ2v) is 4.78. The van der Waals surface area contributed by atoms with E-state index in [1.807, 2.05) is 12.2 Å². The van der Waals surface area contributed by atoms with E-state index in [1.54, 1.807) is 0 Å². The van der Waals surface area contributed by atoms with Gasteiger partial charge in [0, 0.05) is 13.1 Å². The van der Waals surface area contributed by atoms with Crippen LogP contribution in [0, 0.1) is 5.92 Å². The molecule has 0 aromatic rings. The molecule has 19 heavy (non-hydrogen) atoms. The summed E-state index contributed by atoms with van der Waals surface area (Å²) in [7, 11) is 0. The highest BCUT2D eigenvalue weighted by Gasteiger charge is 2.32. The second-order valence-electron chi connectivity index (χ2n) is 4.78. The van der Waals surface area contributed by atoms with Crippen molar-refractivity contribution in [2.45, 2.75) is 32.3 Å². The van der Waals surface area contributed by atoms with Crippen LogP contribution in [0.1, 0.15) is 26.2 Å². The number of nitrogens with one attached hydrogen (secondary N) is 1. The van der Waals surface area contributed by atoms with E-state index in [0.717, 1.165) is 17.7 Å². The number of imide groups is 1. The van der Waals surface area contributed by atoms with Crippen LogP contribution < -0.4 is 5.32 Å². The predicted octanol–water partition coefficient (Wildman–Crippen LogP) is 0.826. The second kappa shape index (κ2) is 5.86. The Balaban J connectivity index is 1.87. The molecule has 0 spiro atoms. The topological polar surface area (TPSA) is 75.7 Å². The third-order valence-corrected chi connectivity index (χ3v) is 3.37. The summed E-state index contributed by atoms with van der Waals surface area (Å²) in [6.07, 6.45) is 5.34. The number of nitrogens with zero attached hydrogens (tertiary/aromatic N) is 1. The minimum absolute atomic E-state index is 0.173. The van der Waals surface area contributed by atoms with Crippen molar-refractivity contribution in [2.75, 3.05) is 13.1 Å². The molecule has 3 amide bonds. The zero-order valence-corrected chi connectivity index (χ0v) is 10.9. The molecular weight excluding hydrogens is 248 g/mol. The number of carbonyl (C=O) groups excluding carboxylic acids is 3. The van der Waals surface area contributed by atoms with Gasteiger partial charge in [0.25, 0.3) is 5.91 Å². The van der Waals surface area contributed by atoms with Crippen molar-refractivity contribution in [3.63, 3.8) is 0 Å². The molecule has 0 bridgehead atoms. The number of rotatable bonds is 3. The van der Waals surface area contributed by atoms with Gasteiger partial charge in [-0.25, -0.2) is 4.79 Å². The number of carbonyl (C=O) groups is 3. The molecule has 1 heterocycles. The van der Waals surface area contributed by atoms with E-state index in [2.05, 4.69) is 5.32 Å². The van der Waals surface area contributed by atoms with Gasteiger partial charge >= 0.3 is 12.0 Å². The van der Waals surface area contributed by atoms with Crippen LogP contribution in [0.25, 0.3) is 0 Å². The van der Waals surface area contributed by atoms with Gasteiger partial charge in [-0.2, -0.15) is 0 Å². The fourth-order valence-electron chi connectivity index (χ4n) is 2.23. The summed E-state index contributed by atoms with van der Waals surface area (Å²) in [4.78, 5) is 36.3. The van der Waals surface area contributed by atoms with Crippen molar-refractivity contribution in [3.8, 4) is 0 Å². The molecule has 2 atom stereocenters. The molecule has 6 heteroatoms. The smallest absolute Gasteiger partial charge is 0.324 e. The SMILES string of the molecule is C[C@H](OC(=O)[C@@H]1CC=CCC1)C(=O)N1CCNC1=O. The zero-order valence-electron chi connectivity index (χ0n) is 10.9. The monoisotopic (exact) mass is 266 g/mol. The lowest BCUT2D eigenvalue weighted by atomic mass is 9.95. The first-order chi connectivity index (χ1) is 9.09. The molecule has 0 unspecified atom stereocenters. The van der Waals surface area contributed by atoms with Crippen molar-refractivity contribution in [1.29, 1.82) is 0 Å². The van der Waals surface area contributed by atoms with Gasteiger partial charge in [0.15, 0.2) is 6.10 Å². The van der Waals surface area contributed by atoms with E-state index in [0.29, 0.717) is 19.5 Å². The van der Waals surface area contributed by atoms with Gasteiger partial charge in [-0.1, -0.05) is 12.2 Å². The predicted molar refractivity (Wildman–Crippen MR) is 67.1 cm³/mol. The number of allylic oxidation sites excluding steroid dienone is 2. The number of amides is 3. The maximum Gasteiger partial charge on any atom is 0.324 e. The van der Waals surface area contributed by atoms with Crippen LogP contribution in [0.15, 0.2) is 12.2 Å². The van der Waals surface area contributed by atoms with Crippen molar-refractivity contribution in [1.82, 2.24) is 10.2 Å². The summed E-state index contributed by atoms with van der Waals surface area (Å²) in [6.45, 7) is 2.27. The number of hydrogen-bond acceptors (Lipinski definition) is 4. The molecule has 0 aromatic carbocycles. The molecule has 2 rings (SSSR count). The zero-order chi connectivity index (χ0) is 13.8. The van der Waals surface area contributed by atoms with Crippen LogP contribution in [-0.4, -0.2) is 42.0 Å². The molecule has 1 saturated heterocycles. The lowest BCUT2D eigenvalue weighted by Crippen LogP contribution is -2.42. The van der Waals surface area contributed by atoms with E-state index in [-0.39, 0.29) is 11.9 Å². The molecule has 1 aliphatic carbocycles. The lowest BCUT2D eigenvalue weighted by Gasteiger charge is -2.21. The van der Waals surface area contributed by atoms with E-state index in [9.17, 15) is 14.4 Å². The average molecular weight is 266 g/mol. The van der Waals surface area contributed by atoms with Crippen LogP contribution in [0.4, 0.5) is 4.79 Å². The summed E-state index contributed by atoms with van der Waals surface area (Å²) in [5.74, 6) is -0.993. The fraction of sp³-hybridized carbons (Fsp3) is 0.615. The largest absolute Gasteiger partial charge is 0.452 e. The Morgan fingerprint density at radius 2 is 2.26 bits per heavy atom. The van der Waals surface area contributed by atoms with Crippen LogP contribution >= 0.6 is 0 Å². The third-order valence-electron chi connectivity index (χ3n) is 3.37. The van der Waals surface area contributed by atoms with Crippen molar-refractivity contribution >= 4 is 17.9 Å². The maximum atomic E-state index is 11.9. The number of esters is 1. The molecule has 104 valence electrons. The Bertz CT molecular complexity index is 419. The third kappa shape index (κ3) is 3.13. The van der Waals surface area contributed by atoms with Gasteiger partial charge in [-0.05, 0) is 26.2 Å². The summed E-state index contributed by atoms with van der Waals surface area (Å²) < 4.78 is 5.17. The summed E-state index contributed by atoms with van der Waals surface area (Å²) in [6, 6.07) is -0.423. The van der Waals surface area contributed by atoms with Crippen LogP contribution in [0.3, 0.4) is 0 Å². The van der Waals surface area contributed by atoms with E-state index >= 15 is 0 Å². The average Bonchev–Trinajstić information content (AvgIpc) is 2.85. The number of hydrogen-bond donors (Lipinski definition) is 1. The Morgan fingerprint density at radius 1 is 1.47 bits per heavy atom. The van der Waals surface area contributed by atoms with Gasteiger partial charge in [0.05, 0.1) is 5.92 Å². The standard InChI is InChI=1S/C13H18N2O4/c1-9(11(16)15-8-7-14-13(15)18)19-12(17)10-5-3-2-4-6-10/h2-3,9-10H,4-8H2,1H3,(H,14,18)/t9-,10+/m0/s1. The molecule has 0 saturated carbocycles. The quantitative estimate of drug-likeness (QED) is 0.606. The van der Waals surface area contributed by atoms with Crippen LogP contribution in [0.5, 0.6) is 0 Å². The highest BCUT2D eigenvalue weighted by Crippen LogP contribution is 2.20. The van der Waals surface area contributed by atoms with Crippen molar-refractivity contribution < 1.29 is 19.1 Å². The van der Waals surface area contributed by atoms with Crippen molar-refractivity contribution in [3.05, 3.63) is 12.2 Å². The van der Waals surface area contributed by atoms with Crippen molar-refractivity contribution in [2.24, 2.45) is 5.92 Å². The Labute approximate surface area is 111 Å². The first-order valence-corrected chi connectivity index (χ1v) is 6.54. The van der Waals surface area contributed by atoms with Crippen LogP contribution in [0.2, 0.25) is 0 Å². The minimum Gasteiger partial charge on any atom is -0.452 e. The van der Waals surface area contributed by atoms with Gasteiger partial charge < -0.3 is 10.1 Å². The van der Waals surface area contributed by atoms with Crippen LogP contribution in [-0.2, 0) is 14.3 Å². The van der Waals surface area contributed by atoms with Gasteiger partial charge in [-0.15, -0.1) is 0 Å². The maximum absolute atomic E-state index is 11.9. The summed E-state index contributed by atoms with van der Waals surface area (Å²) in [5.41, 5.74) is 0. The number of ether oxygens (including phenoxy) is 1. The molecule has 1 N–H and O–H groups in total. The summed E-state index contributed by atoms with van der Waals surface area (Å²) >= 11 is 0. The molecule has 6 nitrogen and oxygen atoms in total. The van der Waals surface area contributed by atoms with E-state index in [4.69, 9.17) is 4.74 Å². The highest BCUT2D eigenvalue weighted by atomic mass is 16.5. The normalized spacial score (nSPS) is 23.9.